The fourth-order valence-corrected chi connectivity index (χ4v) is 1.34. The summed E-state index contributed by atoms with van der Waals surface area (Å²) in [6.07, 6.45) is 1.50. The van der Waals surface area contributed by atoms with Crippen molar-refractivity contribution in [2.75, 3.05) is 0 Å². The SMILES string of the molecule is CC(C)(N=C=O)c1nc(-c2ccccc2)no1. The maximum Gasteiger partial charge on any atom is 0.255 e. The van der Waals surface area contributed by atoms with Crippen molar-refractivity contribution in [2.24, 2.45) is 4.99 Å². The lowest BCUT2D eigenvalue weighted by Gasteiger charge is -2.09. The molecule has 5 nitrogen and oxygen atoms in total. The molecule has 1 aromatic heterocycles. The first kappa shape index (κ1) is 11.2. The third-order valence-electron chi connectivity index (χ3n) is 2.31. The average molecular weight is 229 g/mol. The minimum absolute atomic E-state index is 0.291. The third kappa shape index (κ3) is 2.29. The number of hydrogen-bond acceptors (Lipinski definition) is 5. The van der Waals surface area contributed by atoms with Crippen molar-refractivity contribution in [3.05, 3.63) is 36.2 Å². The summed E-state index contributed by atoms with van der Waals surface area (Å²) >= 11 is 0. The topological polar surface area (TPSA) is 68.3 Å². The van der Waals surface area contributed by atoms with E-state index in [0.29, 0.717) is 11.7 Å². The van der Waals surface area contributed by atoms with Crippen molar-refractivity contribution in [1.29, 1.82) is 0 Å². The number of aromatic nitrogens is 2. The predicted molar refractivity (Wildman–Crippen MR) is 60.9 cm³/mol. The Morgan fingerprint density at radius 1 is 1.29 bits per heavy atom. The van der Waals surface area contributed by atoms with Gasteiger partial charge >= 0.3 is 0 Å². The van der Waals surface area contributed by atoms with Crippen molar-refractivity contribution in [3.63, 3.8) is 0 Å². The highest BCUT2D eigenvalue weighted by molar-refractivity contribution is 5.53. The van der Waals surface area contributed by atoms with Gasteiger partial charge in [-0.2, -0.15) is 9.98 Å². The predicted octanol–water partition coefficient (Wildman–Crippen LogP) is 2.31. The van der Waals surface area contributed by atoms with E-state index in [-0.39, 0.29) is 0 Å². The van der Waals surface area contributed by atoms with Gasteiger partial charge in [-0.1, -0.05) is 35.5 Å². The molecule has 0 fully saturated rings. The third-order valence-corrected chi connectivity index (χ3v) is 2.31. The van der Waals surface area contributed by atoms with Gasteiger partial charge in [0.2, 0.25) is 11.9 Å². The quantitative estimate of drug-likeness (QED) is 0.598. The second kappa shape index (κ2) is 4.31. The molecule has 0 unspecified atom stereocenters. The van der Waals surface area contributed by atoms with E-state index in [4.69, 9.17) is 4.52 Å². The Hall–Kier alpha value is -2.26. The molecule has 1 aromatic carbocycles. The van der Waals surface area contributed by atoms with Gasteiger partial charge in [0, 0.05) is 5.56 Å². The van der Waals surface area contributed by atoms with Gasteiger partial charge in [0.15, 0.2) is 0 Å². The van der Waals surface area contributed by atoms with Crippen LogP contribution in [0.3, 0.4) is 0 Å². The molecule has 5 heteroatoms. The van der Waals surface area contributed by atoms with Crippen LogP contribution in [0.4, 0.5) is 0 Å². The van der Waals surface area contributed by atoms with Crippen molar-refractivity contribution in [2.45, 2.75) is 19.4 Å². The van der Waals surface area contributed by atoms with Crippen LogP contribution >= 0.6 is 0 Å². The van der Waals surface area contributed by atoms with Gasteiger partial charge in [-0.3, -0.25) is 0 Å². The lowest BCUT2D eigenvalue weighted by molar-refractivity contribution is 0.313. The lowest BCUT2D eigenvalue weighted by atomic mass is 10.1. The number of aliphatic imine (C=N–C) groups is 1. The Morgan fingerprint density at radius 2 is 2.00 bits per heavy atom. The lowest BCUT2D eigenvalue weighted by Crippen LogP contribution is -2.13. The summed E-state index contributed by atoms with van der Waals surface area (Å²) in [5.74, 6) is 0.773. The molecule has 0 amide bonds. The minimum atomic E-state index is -0.845. The molecule has 0 atom stereocenters. The van der Waals surface area contributed by atoms with Crippen molar-refractivity contribution >= 4 is 6.08 Å². The molecule has 0 saturated heterocycles. The first-order chi connectivity index (χ1) is 8.13. The van der Waals surface area contributed by atoms with E-state index < -0.39 is 5.54 Å². The average Bonchev–Trinajstić information content (AvgIpc) is 2.80. The van der Waals surface area contributed by atoms with E-state index >= 15 is 0 Å². The maximum atomic E-state index is 10.3. The highest BCUT2D eigenvalue weighted by Crippen LogP contribution is 2.24. The summed E-state index contributed by atoms with van der Waals surface area (Å²) in [5, 5.41) is 3.86. The summed E-state index contributed by atoms with van der Waals surface area (Å²) in [6, 6.07) is 9.44. The van der Waals surface area contributed by atoms with Crippen LogP contribution in [0.25, 0.3) is 11.4 Å². The Kier molecular flexibility index (Phi) is 2.85. The van der Waals surface area contributed by atoms with Crippen LogP contribution in [0.1, 0.15) is 19.7 Å². The molecule has 0 saturated carbocycles. The summed E-state index contributed by atoms with van der Waals surface area (Å²) in [7, 11) is 0. The summed E-state index contributed by atoms with van der Waals surface area (Å²) < 4.78 is 5.10. The normalized spacial score (nSPS) is 10.9. The summed E-state index contributed by atoms with van der Waals surface area (Å²) in [6.45, 7) is 3.42. The van der Waals surface area contributed by atoms with Crippen LogP contribution in [0, 0.1) is 0 Å². The van der Waals surface area contributed by atoms with Crippen LogP contribution in [0.15, 0.2) is 39.8 Å². The molecule has 2 aromatic rings. The minimum Gasteiger partial charge on any atom is -0.336 e. The van der Waals surface area contributed by atoms with Crippen molar-refractivity contribution in [3.8, 4) is 11.4 Å². The molecule has 86 valence electrons. The number of benzene rings is 1. The number of rotatable bonds is 3. The zero-order valence-electron chi connectivity index (χ0n) is 9.54. The Labute approximate surface area is 98.2 Å². The van der Waals surface area contributed by atoms with Gasteiger partial charge in [0.1, 0.15) is 5.54 Å². The molecule has 0 spiro atoms. The van der Waals surface area contributed by atoms with Gasteiger partial charge in [0.05, 0.1) is 0 Å². The first-order valence-corrected chi connectivity index (χ1v) is 5.12. The molecule has 0 aliphatic heterocycles. The number of nitrogens with zero attached hydrogens (tertiary/aromatic N) is 3. The standard InChI is InChI=1S/C12H11N3O2/c1-12(2,13-8-16)11-14-10(15-17-11)9-6-4-3-5-7-9/h3-7H,1-2H3. The van der Waals surface area contributed by atoms with Gasteiger partial charge < -0.3 is 4.52 Å². The Bertz CT molecular complexity index is 554. The number of isocyanates is 1. The van der Waals surface area contributed by atoms with Crippen LogP contribution in [0.5, 0.6) is 0 Å². The summed E-state index contributed by atoms with van der Waals surface area (Å²) in [5.41, 5.74) is 0.00953. The molecular weight excluding hydrogens is 218 g/mol. The van der Waals surface area contributed by atoms with E-state index in [1.807, 2.05) is 30.3 Å². The fourth-order valence-electron chi connectivity index (χ4n) is 1.34. The summed E-state index contributed by atoms with van der Waals surface area (Å²) in [4.78, 5) is 18.1. The van der Waals surface area contributed by atoms with Crippen molar-refractivity contribution < 1.29 is 9.32 Å². The first-order valence-electron chi connectivity index (χ1n) is 5.12. The maximum absolute atomic E-state index is 10.3. The second-order valence-corrected chi connectivity index (χ2v) is 4.05. The van der Waals surface area contributed by atoms with E-state index in [9.17, 15) is 4.79 Å². The highest BCUT2D eigenvalue weighted by atomic mass is 16.5. The van der Waals surface area contributed by atoms with E-state index in [1.165, 1.54) is 6.08 Å². The molecule has 1 heterocycles. The van der Waals surface area contributed by atoms with E-state index in [2.05, 4.69) is 15.1 Å². The molecule has 0 radical (unpaired) electrons. The van der Waals surface area contributed by atoms with Crippen LogP contribution in [0.2, 0.25) is 0 Å². The smallest absolute Gasteiger partial charge is 0.255 e. The molecule has 0 bridgehead atoms. The van der Waals surface area contributed by atoms with Gasteiger partial charge in [0.25, 0.3) is 5.89 Å². The van der Waals surface area contributed by atoms with Crippen LogP contribution in [-0.4, -0.2) is 16.2 Å². The van der Waals surface area contributed by atoms with E-state index in [0.717, 1.165) is 5.56 Å². The molecule has 0 N–H and O–H groups in total. The zero-order valence-corrected chi connectivity index (χ0v) is 9.54. The number of carbonyl (C=O) groups excluding carboxylic acids is 1. The Balaban J connectivity index is 2.37. The van der Waals surface area contributed by atoms with Crippen LogP contribution < -0.4 is 0 Å². The largest absolute Gasteiger partial charge is 0.336 e. The monoisotopic (exact) mass is 229 g/mol. The van der Waals surface area contributed by atoms with E-state index in [1.54, 1.807) is 13.8 Å². The van der Waals surface area contributed by atoms with Gasteiger partial charge in [-0.05, 0) is 13.8 Å². The number of hydrogen-bond donors (Lipinski definition) is 0. The Morgan fingerprint density at radius 3 is 2.65 bits per heavy atom. The molecular formula is C12H11N3O2. The molecule has 0 aliphatic carbocycles. The van der Waals surface area contributed by atoms with Crippen molar-refractivity contribution in [1.82, 2.24) is 10.1 Å². The zero-order chi connectivity index (χ0) is 12.3. The van der Waals surface area contributed by atoms with Crippen LogP contribution in [-0.2, 0) is 10.3 Å². The fraction of sp³-hybridized carbons (Fsp3) is 0.250. The highest BCUT2D eigenvalue weighted by Gasteiger charge is 2.27. The van der Waals surface area contributed by atoms with Gasteiger partial charge in [-0.15, -0.1) is 0 Å². The molecule has 0 aliphatic rings. The van der Waals surface area contributed by atoms with Gasteiger partial charge in [-0.25, -0.2) is 4.79 Å². The molecule has 2 rings (SSSR count). The molecule has 17 heavy (non-hydrogen) atoms. The second-order valence-electron chi connectivity index (χ2n) is 4.05.